The van der Waals surface area contributed by atoms with Crippen LogP contribution in [0.4, 0.5) is 5.82 Å². The summed E-state index contributed by atoms with van der Waals surface area (Å²) in [5, 5.41) is 15.2. The molecule has 2 aromatic rings. The molecule has 1 aromatic heterocycles. The lowest BCUT2D eigenvalue weighted by molar-refractivity contribution is 0.0526. The van der Waals surface area contributed by atoms with Crippen LogP contribution in [-0.4, -0.2) is 27.5 Å². The zero-order valence-corrected chi connectivity index (χ0v) is 13.9. The molecular formula is C16H20ClN3O3. The number of nitrogens with two attached hydrogens (primary N) is 1. The zero-order chi connectivity index (χ0) is 17.0. The van der Waals surface area contributed by atoms with E-state index in [9.17, 15) is 9.90 Å². The van der Waals surface area contributed by atoms with Gasteiger partial charge in [-0.05, 0) is 31.0 Å². The Morgan fingerprint density at radius 1 is 1.39 bits per heavy atom. The number of hydrogen-bond donors (Lipinski definition) is 2. The maximum Gasteiger partial charge on any atom is 0.343 e. The first kappa shape index (κ1) is 17.3. The van der Waals surface area contributed by atoms with E-state index >= 15 is 0 Å². The smallest absolute Gasteiger partial charge is 0.343 e. The Hall–Kier alpha value is -2.05. The summed E-state index contributed by atoms with van der Waals surface area (Å²) in [6.45, 7) is 4.01. The van der Waals surface area contributed by atoms with Crippen molar-refractivity contribution in [3.05, 3.63) is 46.1 Å². The predicted molar refractivity (Wildman–Crippen MR) is 88.4 cm³/mol. The fourth-order valence-electron chi connectivity index (χ4n) is 2.29. The molecule has 0 spiro atoms. The van der Waals surface area contributed by atoms with Crippen molar-refractivity contribution in [1.82, 2.24) is 9.78 Å². The Morgan fingerprint density at radius 2 is 2.04 bits per heavy atom. The molecule has 2 rings (SSSR count). The van der Waals surface area contributed by atoms with Gasteiger partial charge in [-0.3, -0.25) is 0 Å². The number of aromatic nitrogens is 2. The zero-order valence-electron chi connectivity index (χ0n) is 13.1. The molecule has 0 fully saturated rings. The number of aliphatic hydroxyl groups excluding tert-OH is 1. The van der Waals surface area contributed by atoms with Crippen molar-refractivity contribution in [2.45, 2.75) is 32.9 Å². The molecule has 0 saturated heterocycles. The van der Waals surface area contributed by atoms with Crippen LogP contribution in [0.5, 0.6) is 0 Å². The van der Waals surface area contributed by atoms with Crippen LogP contribution in [0.2, 0.25) is 5.02 Å². The number of hydrogen-bond acceptors (Lipinski definition) is 5. The van der Waals surface area contributed by atoms with E-state index in [1.165, 1.54) is 4.68 Å². The van der Waals surface area contributed by atoms with Crippen LogP contribution in [0.1, 0.15) is 41.6 Å². The number of nitrogen functional groups attached to an aromatic ring is 1. The number of carbonyl (C=O) groups is 1. The molecule has 1 atom stereocenters. The standard InChI is InChI=1S/C16H20ClN3O3/c1-3-12-14(16(22)23-4-2)15(18)20(19-12)9-13(21)10-5-7-11(17)8-6-10/h5-8,13,21H,3-4,9,18H2,1-2H3/t13-/m0/s1. The van der Waals surface area contributed by atoms with Gasteiger partial charge in [0.1, 0.15) is 11.4 Å². The van der Waals surface area contributed by atoms with E-state index in [2.05, 4.69) is 5.10 Å². The van der Waals surface area contributed by atoms with E-state index in [1.54, 1.807) is 31.2 Å². The summed E-state index contributed by atoms with van der Waals surface area (Å²) in [6.07, 6.45) is -0.267. The predicted octanol–water partition coefficient (Wildman–Crippen LogP) is 2.59. The molecule has 0 unspecified atom stereocenters. The van der Waals surface area contributed by atoms with Crippen molar-refractivity contribution in [2.75, 3.05) is 12.3 Å². The first-order valence-electron chi connectivity index (χ1n) is 7.43. The highest BCUT2D eigenvalue weighted by molar-refractivity contribution is 6.30. The van der Waals surface area contributed by atoms with Gasteiger partial charge in [-0.15, -0.1) is 0 Å². The molecule has 23 heavy (non-hydrogen) atoms. The van der Waals surface area contributed by atoms with Gasteiger partial charge in [0, 0.05) is 5.02 Å². The lowest BCUT2D eigenvalue weighted by atomic mass is 10.1. The minimum atomic E-state index is -0.811. The number of halogens is 1. The molecule has 0 aliphatic rings. The number of aliphatic hydroxyl groups is 1. The van der Waals surface area contributed by atoms with E-state index in [4.69, 9.17) is 22.1 Å². The second-order valence-electron chi connectivity index (χ2n) is 5.03. The minimum absolute atomic E-state index is 0.139. The van der Waals surface area contributed by atoms with Gasteiger partial charge in [-0.25, -0.2) is 9.48 Å². The van der Waals surface area contributed by atoms with Crippen molar-refractivity contribution in [2.24, 2.45) is 0 Å². The molecule has 6 nitrogen and oxygen atoms in total. The summed E-state index contributed by atoms with van der Waals surface area (Å²) in [7, 11) is 0. The quantitative estimate of drug-likeness (QED) is 0.791. The average molecular weight is 338 g/mol. The summed E-state index contributed by atoms with van der Waals surface area (Å²) < 4.78 is 6.45. The molecule has 1 heterocycles. The van der Waals surface area contributed by atoms with Gasteiger partial charge in [0.25, 0.3) is 0 Å². The maximum absolute atomic E-state index is 12.0. The molecule has 7 heteroatoms. The number of aryl methyl sites for hydroxylation is 1. The van der Waals surface area contributed by atoms with Crippen molar-refractivity contribution in [3.63, 3.8) is 0 Å². The Morgan fingerprint density at radius 3 is 2.61 bits per heavy atom. The van der Waals surface area contributed by atoms with Crippen LogP contribution >= 0.6 is 11.6 Å². The largest absolute Gasteiger partial charge is 0.462 e. The second kappa shape index (κ2) is 7.48. The highest BCUT2D eigenvalue weighted by Crippen LogP contribution is 2.23. The van der Waals surface area contributed by atoms with Crippen molar-refractivity contribution in [1.29, 1.82) is 0 Å². The van der Waals surface area contributed by atoms with Gasteiger partial charge in [0.2, 0.25) is 0 Å². The highest BCUT2D eigenvalue weighted by Gasteiger charge is 2.23. The van der Waals surface area contributed by atoms with Crippen LogP contribution in [0.15, 0.2) is 24.3 Å². The number of esters is 1. The summed E-state index contributed by atoms with van der Waals surface area (Å²) in [5.41, 5.74) is 7.56. The Balaban J connectivity index is 2.26. The fraction of sp³-hybridized carbons (Fsp3) is 0.375. The number of nitrogens with zero attached hydrogens (tertiary/aromatic N) is 2. The Kier molecular flexibility index (Phi) is 5.63. The van der Waals surface area contributed by atoms with Gasteiger partial charge in [-0.1, -0.05) is 30.7 Å². The SMILES string of the molecule is CCOC(=O)c1c(CC)nn(C[C@H](O)c2ccc(Cl)cc2)c1N. The number of benzene rings is 1. The summed E-state index contributed by atoms with van der Waals surface area (Å²) >= 11 is 5.84. The summed E-state index contributed by atoms with van der Waals surface area (Å²) in [4.78, 5) is 12.0. The van der Waals surface area contributed by atoms with Crippen LogP contribution in [-0.2, 0) is 17.7 Å². The van der Waals surface area contributed by atoms with Crippen LogP contribution in [0.25, 0.3) is 0 Å². The third kappa shape index (κ3) is 3.83. The summed E-state index contributed by atoms with van der Waals surface area (Å²) in [5.74, 6) is -0.289. The first-order chi connectivity index (χ1) is 11.0. The number of anilines is 1. The summed E-state index contributed by atoms with van der Waals surface area (Å²) in [6, 6.07) is 6.88. The topological polar surface area (TPSA) is 90.4 Å². The van der Waals surface area contributed by atoms with Gasteiger partial charge in [-0.2, -0.15) is 5.10 Å². The van der Waals surface area contributed by atoms with Crippen LogP contribution in [0, 0.1) is 0 Å². The number of ether oxygens (including phenoxy) is 1. The monoisotopic (exact) mass is 337 g/mol. The fourth-order valence-corrected chi connectivity index (χ4v) is 2.42. The van der Waals surface area contributed by atoms with Crippen LogP contribution in [0.3, 0.4) is 0 Å². The normalized spacial score (nSPS) is 12.2. The van der Waals surface area contributed by atoms with Gasteiger partial charge >= 0.3 is 5.97 Å². The van der Waals surface area contributed by atoms with Gasteiger partial charge in [0.15, 0.2) is 0 Å². The molecule has 0 aliphatic carbocycles. The van der Waals surface area contributed by atoms with Crippen molar-refractivity contribution in [3.8, 4) is 0 Å². The van der Waals surface area contributed by atoms with Crippen molar-refractivity contribution < 1.29 is 14.6 Å². The van der Waals surface area contributed by atoms with E-state index < -0.39 is 12.1 Å². The molecule has 0 aliphatic heterocycles. The second-order valence-corrected chi connectivity index (χ2v) is 5.47. The lowest BCUT2D eigenvalue weighted by Gasteiger charge is -2.12. The van der Waals surface area contributed by atoms with E-state index in [0.29, 0.717) is 22.7 Å². The first-order valence-corrected chi connectivity index (χ1v) is 7.81. The highest BCUT2D eigenvalue weighted by atomic mass is 35.5. The molecule has 0 radical (unpaired) electrons. The molecule has 124 valence electrons. The number of rotatable bonds is 6. The molecule has 0 amide bonds. The van der Waals surface area contributed by atoms with Gasteiger partial charge < -0.3 is 15.6 Å². The minimum Gasteiger partial charge on any atom is -0.462 e. The molecule has 3 N–H and O–H groups in total. The molecular weight excluding hydrogens is 318 g/mol. The van der Waals surface area contributed by atoms with Crippen molar-refractivity contribution >= 4 is 23.4 Å². The molecule has 0 bridgehead atoms. The van der Waals surface area contributed by atoms with E-state index in [1.807, 2.05) is 6.92 Å². The van der Waals surface area contributed by atoms with E-state index in [-0.39, 0.29) is 24.5 Å². The number of carbonyl (C=O) groups excluding carboxylic acids is 1. The Bertz CT molecular complexity index is 683. The maximum atomic E-state index is 12.0. The lowest BCUT2D eigenvalue weighted by Crippen LogP contribution is -2.14. The van der Waals surface area contributed by atoms with E-state index in [0.717, 1.165) is 0 Å². The average Bonchev–Trinajstić information content (AvgIpc) is 2.84. The molecule has 0 saturated carbocycles. The third-order valence-electron chi connectivity index (χ3n) is 3.48. The molecule has 1 aromatic carbocycles. The van der Waals surface area contributed by atoms with Crippen LogP contribution < -0.4 is 5.73 Å². The van der Waals surface area contributed by atoms with Gasteiger partial charge in [0.05, 0.1) is 24.9 Å². The third-order valence-corrected chi connectivity index (χ3v) is 3.73. The Labute approximate surface area is 139 Å².